The number of carbonyl (C=O) groups is 2. The summed E-state index contributed by atoms with van der Waals surface area (Å²) >= 11 is 0. The number of carbonyl (C=O) groups excluding carboxylic acids is 2. The molecule has 2 aliphatic rings. The molecule has 7 nitrogen and oxygen atoms in total. The Hall–Kier alpha value is -2.70. The van der Waals surface area contributed by atoms with E-state index in [9.17, 15) is 9.59 Å². The molecule has 2 fully saturated rings. The standard InChI is InChI=1S/C21H29N5O2/c1-22-20(27)25-11-5-7-17(14-25)26(16-9-10-16)21(28)23-13-18-12-15-6-3-4-8-19(15)24(18)2/h3-4,6,8,12,16-17H,5,7,9-11,13-14H2,1-2H3,(H,22,27)(H,23,28)/t17-/m1/s1. The Morgan fingerprint density at radius 1 is 1.18 bits per heavy atom. The van der Waals surface area contributed by atoms with Gasteiger partial charge in [-0.15, -0.1) is 0 Å². The summed E-state index contributed by atoms with van der Waals surface area (Å²) in [5, 5.41) is 7.01. The molecule has 1 aliphatic carbocycles. The summed E-state index contributed by atoms with van der Waals surface area (Å²) in [6, 6.07) is 10.7. The molecular formula is C21H29N5O2. The number of nitrogens with zero attached hydrogens (tertiary/aromatic N) is 3. The molecule has 2 heterocycles. The van der Waals surface area contributed by atoms with Crippen LogP contribution in [0.25, 0.3) is 10.9 Å². The van der Waals surface area contributed by atoms with E-state index in [1.54, 1.807) is 7.05 Å². The fourth-order valence-corrected chi connectivity index (χ4v) is 4.28. The molecule has 1 saturated heterocycles. The Morgan fingerprint density at radius 2 is 1.96 bits per heavy atom. The first-order valence-corrected chi connectivity index (χ1v) is 10.1. The third-order valence-corrected chi connectivity index (χ3v) is 5.94. The van der Waals surface area contributed by atoms with E-state index in [1.807, 2.05) is 29.0 Å². The average molecular weight is 383 g/mol. The Morgan fingerprint density at radius 3 is 2.68 bits per heavy atom. The van der Waals surface area contributed by atoms with Crippen LogP contribution in [0.1, 0.15) is 31.4 Å². The Kier molecular flexibility index (Phi) is 5.15. The van der Waals surface area contributed by atoms with Gasteiger partial charge in [0.05, 0.1) is 12.6 Å². The second-order valence-corrected chi connectivity index (χ2v) is 7.85. The van der Waals surface area contributed by atoms with Crippen LogP contribution in [0.3, 0.4) is 0 Å². The predicted octanol–water partition coefficient (Wildman–Crippen LogP) is 2.66. The molecule has 0 spiro atoms. The summed E-state index contributed by atoms with van der Waals surface area (Å²) in [6.07, 6.45) is 3.99. The van der Waals surface area contributed by atoms with Gasteiger partial charge in [-0.1, -0.05) is 18.2 Å². The third-order valence-electron chi connectivity index (χ3n) is 5.94. The second kappa shape index (κ2) is 7.73. The van der Waals surface area contributed by atoms with Crippen molar-refractivity contribution in [3.05, 3.63) is 36.0 Å². The summed E-state index contributed by atoms with van der Waals surface area (Å²) < 4.78 is 2.13. The van der Waals surface area contributed by atoms with Gasteiger partial charge in [0.25, 0.3) is 0 Å². The fraction of sp³-hybridized carbons (Fsp3) is 0.524. The molecule has 2 aromatic rings. The van der Waals surface area contributed by atoms with Crippen molar-refractivity contribution in [1.29, 1.82) is 0 Å². The zero-order chi connectivity index (χ0) is 19.7. The monoisotopic (exact) mass is 383 g/mol. The first kappa shape index (κ1) is 18.7. The molecule has 1 saturated carbocycles. The molecule has 0 bridgehead atoms. The number of piperidine rings is 1. The number of likely N-dealkylation sites (tertiary alicyclic amines) is 1. The number of urea groups is 2. The van der Waals surface area contributed by atoms with Crippen molar-refractivity contribution in [2.75, 3.05) is 20.1 Å². The molecule has 28 heavy (non-hydrogen) atoms. The Balaban J connectivity index is 1.44. The summed E-state index contributed by atoms with van der Waals surface area (Å²) in [5.41, 5.74) is 2.25. The van der Waals surface area contributed by atoms with E-state index in [-0.39, 0.29) is 18.1 Å². The van der Waals surface area contributed by atoms with Crippen LogP contribution in [-0.2, 0) is 13.6 Å². The van der Waals surface area contributed by atoms with Gasteiger partial charge in [0.2, 0.25) is 0 Å². The lowest BCUT2D eigenvalue weighted by Crippen LogP contribution is -2.56. The topological polar surface area (TPSA) is 69.6 Å². The zero-order valence-corrected chi connectivity index (χ0v) is 16.6. The SMILES string of the molecule is CNC(=O)N1CCC[C@@H](N(C(=O)NCc2cc3ccccc3n2C)C2CC2)C1. The number of hydrogen-bond acceptors (Lipinski definition) is 2. The van der Waals surface area contributed by atoms with Crippen molar-refractivity contribution in [1.82, 2.24) is 25.0 Å². The number of rotatable bonds is 4. The minimum absolute atomic E-state index is 0.0171. The first-order valence-electron chi connectivity index (χ1n) is 10.1. The fourth-order valence-electron chi connectivity index (χ4n) is 4.28. The number of para-hydroxylation sites is 1. The smallest absolute Gasteiger partial charge is 0.318 e. The van der Waals surface area contributed by atoms with Gasteiger partial charge in [0.15, 0.2) is 0 Å². The Bertz CT molecular complexity index is 873. The molecule has 150 valence electrons. The Labute approximate surface area is 165 Å². The van der Waals surface area contributed by atoms with E-state index in [4.69, 9.17) is 0 Å². The number of fused-ring (bicyclic) bond motifs is 1. The van der Waals surface area contributed by atoms with E-state index < -0.39 is 0 Å². The van der Waals surface area contributed by atoms with Crippen LogP contribution in [0.2, 0.25) is 0 Å². The molecule has 0 unspecified atom stereocenters. The van der Waals surface area contributed by atoms with Crippen molar-refractivity contribution in [2.24, 2.45) is 7.05 Å². The van der Waals surface area contributed by atoms with Crippen molar-refractivity contribution < 1.29 is 9.59 Å². The number of aromatic nitrogens is 1. The van der Waals surface area contributed by atoms with Crippen molar-refractivity contribution in [3.63, 3.8) is 0 Å². The molecule has 1 aromatic heterocycles. The van der Waals surface area contributed by atoms with Gasteiger partial charge in [-0.3, -0.25) is 0 Å². The maximum absolute atomic E-state index is 13.1. The molecule has 1 aromatic carbocycles. The largest absolute Gasteiger partial charge is 0.346 e. The molecular weight excluding hydrogens is 354 g/mol. The normalized spacial score (nSPS) is 19.5. The van der Waals surface area contributed by atoms with E-state index >= 15 is 0 Å². The quantitative estimate of drug-likeness (QED) is 0.852. The number of benzene rings is 1. The van der Waals surface area contributed by atoms with Crippen LogP contribution in [0.5, 0.6) is 0 Å². The van der Waals surface area contributed by atoms with Gasteiger partial charge in [-0.25, -0.2) is 9.59 Å². The van der Waals surface area contributed by atoms with Crippen molar-refractivity contribution >= 4 is 23.0 Å². The van der Waals surface area contributed by atoms with Crippen LogP contribution >= 0.6 is 0 Å². The van der Waals surface area contributed by atoms with Crippen LogP contribution in [0.4, 0.5) is 9.59 Å². The van der Waals surface area contributed by atoms with Gasteiger partial charge in [0, 0.05) is 44.4 Å². The highest BCUT2D eigenvalue weighted by Gasteiger charge is 2.39. The molecule has 4 rings (SSSR count). The van der Waals surface area contributed by atoms with Crippen LogP contribution in [0, 0.1) is 0 Å². The molecule has 7 heteroatoms. The number of nitrogens with one attached hydrogen (secondary N) is 2. The van der Waals surface area contributed by atoms with E-state index in [0.29, 0.717) is 19.1 Å². The molecule has 1 aliphatic heterocycles. The van der Waals surface area contributed by atoms with Gasteiger partial charge in [-0.05, 0) is 43.2 Å². The van der Waals surface area contributed by atoms with E-state index in [0.717, 1.165) is 37.9 Å². The molecule has 0 radical (unpaired) electrons. The van der Waals surface area contributed by atoms with E-state index in [2.05, 4.69) is 33.4 Å². The van der Waals surface area contributed by atoms with Gasteiger partial charge >= 0.3 is 12.1 Å². The lowest BCUT2D eigenvalue weighted by atomic mass is 10.0. The second-order valence-electron chi connectivity index (χ2n) is 7.85. The predicted molar refractivity (Wildman–Crippen MR) is 109 cm³/mol. The highest BCUT2D eigenvalue weighted by Crippen LogP contribution is 2.31. The van der Waals surface area contributed by atoms with Crippen molar-refractivity contribution in [2.45, 2.75) is 44.3 Å². The minimum Gasteiger partial charge on any atom is -0.346 e. The molecule has 2 N–H and O–H groups in total. The maximum Gasteiger partial charge on any atom is 0.318 e. The maximum atomic E-state index is 13.1. The van der Waals surface area contributed by atoms with Crippen LogP contribution in [-0.4, -0.2) is 58.7 Å². The van der Waals surface area contributed by atoms with E-state index in [1.165, 1.54) is 10.9 Å². The van der Waals surface area contributed by atoms with Crippen LogP contribution < -0.4 is 10.6 Å². The minimum atomic E-state index is -0.0589. The zero-order valence-electron chi connectivity index (χ0n) is 16.6. The van der Waals surface area contributed by atoms with Crippen LogP contribution in [0.15, 0.2) is 30.3 Å². The summed E-state index contributed by atoms with van der Waals surface area (Å²) in [6.45, 7) is 1.86. The number of aryl methyl sites for hydroxylation is 1. The third kappa shape index (κ3) is 3.66. The number of hydrogen-bond donors (Lipinski definition) is 2. The van der Waals surface area contributed by atoms with Gasteiger partial charge in [-0.2, -0.15) is 0 Å². The summed E-state index contributed by atoms with van der Waals surface area (Å²) in [7, 11) is 3.69. The highest BCUT2D eigenvalue weighted by atomic mass is 16.2. The molecule has 1 atom stereocenters. The summed E-state index contributed by atoms with van der Waals surface area (Å²) in [5.74, 6) is 0. The van der Waals surface area contributed by atoms with Gasteiger partial charge in [0.1, 0.15) is 0 Å². The summed E-state index contributed by atoms with van der Waals surface area (Å²) in [4.78, 5) is 28.9. The van der Waals surface area contributed by atoms with Crippen molar-refractivity contribution in [3.8, 4) is 0 Å². The number of amides is 4. The lowest BCUT2D eigenvalue weighted by Gasteiger charge is -2.39. The highest BCUT2D eigenvalue weighted by molar-refractivity contribution is 5.81. The lowest BCUT2D eigenvalue weighted by molar-refractivity contribution is 0.116. The first-order chi connectivity index (χ1) is 13.6. The molecule has 4 amide bonds. The van der Waals surface area contributed by atoms with Gasteiger partial charge < -0.3 is 25.0 Å². The average Bonchev–Trinajstić information content (AvgIpc) is 3.50.